The third-order valence-corrected chi connectivity index (χ3v) is 3.25. The quantitative estimate of drug-likeness (QED) is 0.620. The maximum atomic E-state index is 5.90. The molecule has 1 aromatic rings. The molecule has 15 heavy (non-hydrogen) atoms. The predicted molar refractivity (Wildman–Crippen MR) is 65.0 cm³/mol. The van der Waals surface area contributed by atoms with Gasteiger partial charge >= 0.3 is 0 Å². The van der Waals surface area contributed by atoms with Crippen LogP contribution in [0.3, 0.4) is 0 Å². The van der Waals surface area contributed by atoms with Crippen LogP contribution in [0.4, 0.5) is 5.69 Å². The van der Waals surface area contributed by atoms with E-state index in [4.69, 9.17) is 15.2 Å². The Morgan fingerprint density at radius 1 is 1.20 bits per heavy atom. The number of benzene rings is 1. The third-order valence-electron chi connectivity index (χ3n) is 1.98. The van der Waals surface area contributed by atoms with Crippen LogP contribution in [-0.4, -0.2) is 20.0 Å². The number of nitrogens with two attached hydrogens (primary N) is 1. The molecule has 0 radical (unpaired) electrons. The van der Waals surface area contributed by atoms with Crippen LogP contribution in [0.1, 0.15) is 13.3 Å². The number of ether oxygens (including phenoxy) is 2. The molecule has 84 valence electrons. The summed E-state index contributed by atoms with van der Waals surface area (Å²) in [6, 6.07) is 3.73. The Hall–Kier alpha value is -1.03. The molecular weight excluding hydrogens is 210 g/mol. The Kier molecular flexibility index (Phi) is 4.62. The zero-order chi connectivity index (χ0) is 11.3. The first kappa shape index (κ1) is 12.0. The first-order valence-corrected chi connectivity index (χ1v) is 5.85. The van der Waals surface area contributed by atoms with Gasteiger partial charge < -0.3 is 15.2 Å². The van der Waals surface area contributed by atoms with Crippen molar-refractivity contribution in [3.05, 3.63) is 12.1 Å². The molecule has 0 aliphatic rings. The van der Waals surface area contributed by atoms with Crippen LogP contribution in [0.5, 0.6) is 11.5 Å². The van der Waals surface area contributed by atoms with Gasteiger partial charge in [-0.3, -0.25) is 0 Å². The lowest BCUT2D eigenvalue weighted by Crippen LogP contribution is -1.95. The van der Waals surface area contributed by atoms with Gasteiger partial charge in [0.25, 0.3) is 0 Å². The largest absolute Gasteiger partial charge is 0.493 e. The van der Waals surface area contributed by atoms with Crippen molar-refractivity contribution in [1.29, 1.82) is 0 Å². The minimum absolute atomic E-state index is 0.677. The molecular formula is C11H17NO2S. The van der Waals surface area contributed by atoms with E-state index in [1.54, 1.807) is 32.0 Å². The predicted octanol–water partition coefficient (Wildman–Crippen LogP) is 2.79. The standard InChI is InChI=1S/C11H17NO2S/c1-4-5-15-11-7-10(14-3)9(13-2)6-8(11)12/h6-7H,4-5,12H2,1-3H3. The van der Waals surface area contributed by atoms with Gasteiger partial charge in [0.15, 0.2) is 11.5 Å². The number of methoxy groups -OCH3 is 2. The van der Waals surface area contributed by atoms with Gasteiger partial charge in [-0.05, 0) is 18.2 Å². The molecule has 0 aliphatic carbocycles. The number of nitrogen functional groups attached to an aromatic ring is 1. The second kappa shape index (κ2) is 5.75. The van der Waals surface area contributed by atoms with Crippen LogP contribution < -0.4 is 15.2 Å². The van der Waals surface area contributed by atoms with Crippen molar-refractivity contribution in [3.8, 4) is 11.5 Å². The number of thioether (sulfide) groups is 1. The second-order valence-electron chi connectivity index (χ2n) is 3.09. The van der Waals surface area contributed by atoms with Crippen molar-refractivity contribution in [1.82, 2.24) is 0 Å². The minimum atomic E-state index is 0.677. The summed E-state index contributed by atoms with van der Waals surface area (Å²) in [4.78, 5) is 1.05. The van der Waals surface area contributed by atoms with Crippen molar-refractivity contribution in [2.45, 2.75) is 18.2 Å². The zero-order valence-electron chi connectivity index (χ0n) is 9.37. The molecule has 0 amide bonds. The summed E-state index contributed by atoms with van der Waals surface area (Å²) < 4.78 is 10.4. The van der Waals surface area contributed by atoms with Gasteiger partial charge in [0, 0.05) is 16.6 Å². The molecule has 0 spiro atoms. The summed E-state index contributed by atoms with van der Waals surface area (Å²) in [5, 5.41) is 0. The monoisotopic (exact) mass is 227 g/mol. The fourth-order valence-electron chi connectivity index (χ4n) is 1.21. The van der Waals surface area contributed by atoms with Gasteiger partial charge in [-0.25, -0.2) is 0 Å². The van der Waals surface area contributed by atoms with Gasteiger partial charge in [0.05, 0.1) is 14.2 Å². The average Bonchev–Trinajstić information content (AvgIpc) is 2.27. The van der Waals surface area contributed by atoms with E-state index in [9.17, 15) is 0 Å². The average molecular weight is 227 g/mol. The van der Waals surface area contributed by atoms with E-state index < -0.39 is 0 Å². The lowest BCUT2D eigenvalue weighted by molar-refractivity contribution is 0.354. The van der Waals surface area contributed by atoms with Crippen molar-refractivity contribution >= 4 is 17.4 Å². The summed E-state index contributed by atoms with van der Waals surface area (Å²) in [7, 11) is 3.23. The molecule has 0 aromatic heterocycles. The van der Waals surface area contributed by atoms with E-state index in [1.165, 1.54) is 0 Å². The van der Waals surface area contributed by atoms with Crippen molar-refractivity contribution < 1.29 is 9.47 Å². The Bertz CT molecular complexity index is 329. The van der Waals surface area contributed by atoms with Crippen molar-refractivity contribution in [3.63, 3.8) is 0 Å². The van der Waals surface area contributed by atoms with E-state index >= 15 is 0 Å². The highest BCUT2D eigenvalue weighted by atomic mass is 32.2. The lowest BCUT2D eigenvalue weighted by Gasteiger charge is -2.11. The molecule has 0 heterocycles. The van der Waals surface area contributed by atoms with Crippen LogP contribution in [-0.2, 0) is 0 Å². The molecule has 0 bridgehead atoms. The van der Waals surface area contributed by atoms with Gasteiger partial charge in [-0.2, -0.15) is 0 Å². The SMILES string of the molecule is CCCSc1cc(OC)c(OC)cc1N. The molecule has 2 N–H and O–H groups in total. The lowest BCUT2D eigenvalue weighted by atomic mass is 10.3. The van der Waals surface area contributed by atoms with Crippen LogP contribution in [0.2, 0.25) is 0 Å². The van der Waals surface area contributed by atoms with E-state index in [2.05, 4.69) is 6.92 Å². The van der Waals surface area contributed by atoms with Crippen LogP contribution in [0.25, 0.3) is 0 Å². The molecule has 3 nitrogen and oxygen atoms in total. The van der Waals surface area contributed by atoms with Crippen LogP contribution >= 0.6 is 11.8 Å². The van der Waals surface area contributed by atoms with Gasteiger partial charge in [-0.1, -0.05) is 6.92 Å². The summed E-state index contributed by atoms with van der Waals surface area (Å²) in [6.45, 7) is 2.14. The first-order valence-electron chi connectivity index (χ1n) is 4.87. The topological polar surface area (TPSA) is 44.5 Å². The summed E-state index contributed by atoms with van der Waals surface area (Å²) in [6.07, 6.45) is 1.12. The van der Waals surface area contributed by atoms with Crippen molar-refractivity contribution in [2.75, 3.05) is 25.7 Å². The summed E-state index contributed by atoms with van der Waals surface area (Å²) in [5.74, 6) is 2.46. The highest BCUT2D eigenvalue weighted by Crippen LogP contribution is 2.36. The Morgan fingerprint density at radius 2 is 1.80 bits per heavy atom. The normalized spacial score (nSPS) is 10.1. The molecule has 4 heteroatoms. The maximum Gasteiger partial charge on any atom is 0.162 e. The highest BCUT2D eigenvalue weighted by Gasteiger charge is 2.08. The number of hydrogen-bond donors (Lipinski definition) is 1. The molecule has 0 atom stereocenters. The molecule has 0 fully saturated rings. The molecule has 0 saturated carbocycles. The molecule has 0 aliphatic heterocycles. The van der Waals surface area contributed by atoms with Gasteiger partial charge in [0.2, 0.25) is 0 Å². The van der Waals surface area contributed by atoms with E-state index in [-0.39, 0.29) is 0 Å². The van der Waals surface area contributed by atoms with Gasteiger partial charge in [-0.15, -0.1) is 11.8 Å². The van der Waals surface area contributed by atoms with E-state index in [1.807, 2.05) is 6.07 Å². The van der Waals surface area contributed by atoms with Crippen LogP contribution in [0.15, 0.2) is 17.0 Å². The third kappa shape index (κ3) is 2.96. The maximum absolute atomic E-state index is 5.90. The van der Waals surface area contributed by atoms with Crippen LogP contribution in [0, 0.1) is 0 Å². The fraction of sp³-hybridized carbons (Fsp3) is 0.455. The second-order valence-corrected chi connectivity index (χ2v) is 4.23. The Morgan fingerprint density at radius 3 is 2.33 bits per heavy atom. The number of anilines is 1. The zero-order valence-corrected chi connectivity index (χ0v) is 10.2. The molecule has 1 rings (SSSR count). The molecule has 0 unspecified atom stereocenters. The molecule has 1 aromatic carbocycles. The first-order chi connectivity index (χ1) is 7.22. The Balaban J connectivity index is 2.97. The molecule has 0 saturated heterocycles. The smallest absolute Gasteiger partial charge is 0.162 e. The summed E-state index contributed by atoms with van der Waals surface area (Å²) >= 11 is 1.74. The highest BCUT2D eigenvalue weighted by molar-refractivity contribution is 7.99. The van der Waals surface area contributed by atoms with E-state index in [0.717, 1.165) is 28.5 Å². The number of hydrogen-bond acceptors (Lipinski definition) is 4. The van der Waals surface area contributed by atoms with E-state index in [0.29, 0.717) is 5.75 Å². The van der Waals surface area contributed by atoms with Crippen molar-refractivity contribution in [2.24, 2.45) is 0 Å². The minimum Gasteiger partial charge on any atom is -0.493 e. The fourth-order valence-corrected chi connectivity index (χ4v) is 2.05. The van der Waals surface area contributed by atoms with Gasteiger partial charge in [0.1, 0.15) is 0 Å². The summed E-state index contributed by atoms with van der Waals surface area (Å²) in [5.41, 5.74) is 6.65. The Labute approximate surface area is 94.9 Å². The number of rotatable bonds is 5.